The topological polar surface area (TPSA) is 75.7 Å². The molecule has 6 nitrogen and oxygen atoms in total. The SMILES string of the molecule is COc1ccccc1N(CCCC(=O)N[C@@H](c1ccccc1)c1ccccc1C)S(C)(=O)=O. The van der Waals surface area contributed by atoms with Gasteiger partial charge in [0.1, 0.15) is 5.75 Å². The summed E-state index contributed by atoms with van der Waals surface area (Å²) in [6, 6.07) is 24.5. The molecule has 0 aromatic heterocycles. The first kappa shape index (κ1) is 24.3. The van der Waals surface area contributed by atoms with Crippen LogP contribution < -0.4 is 14.4 Å². The van der Waals surface area contributed by atoms with Crippen LogP contribution in [0.2, 0.25) is 0 Å². The highest BCUT2D eigenvalue weighted by Crippen LogP contribution is 2.30. The van der Waals surface area contributed by atoms with E-state index in [2.05, 4.69) is 5.32 Å². The van der Waals surface area contributed by atoms with Crippen LogP contribution in [-0.4, -0.2) is 34.2 Å². The van der Waals surface area contributed by atoms with E-state index < -0.39 is 10.0 Å². The molecule has 0 radical (unpaired) electrons. The van der Waals surface area contributed by atoms with Gasteiger partial charge in [0.25, 0.3) is 0 Å². The number of sulfonamides is 1. The van der Waals surface area contributed by atoms with Gasteiger partial charge < -0.3 is 10.1 Å². The quantitative estimate of drug-likeness (QED) is 0.479. The second kappa shape index (κ2) is 11.0. The second-order valence-corrected chi connectivity index (χ2v) is 9.79. The predicted molar refractivity (Wildman–Crippen MR) is 132 cm³/mol. The average Bonchev–Trinajstić information content (AvgIpc) is 2.80. The number of ether oxygens (including phenoxy) is 1. The fourth-order valence-electron chi connectivity index (χ4n) is 3.81. The molecule has 3 rings (SSSR count). The summed E-state index contributed by atoms with van der Waals surface area (Å²) in [7, 11) is -2.04. The van der Waals surface area contributed by atoms with Crippen molar-refractivity contribution >= 4 is 21.6 Å². The van der Waals surface area contributed by atoms with Crippen LogP contribution >= 0.6 is 0 Å². The van der Waals surface area contributed by atoms with E-state index in [0.29, 0.717) is 17.9 Å². The molecule has 7 heteroatoms. The number of amides is 1. The summed E-state index contributed by atoms with van der Waals surface area (Å²) in [4.78, 5) is 12.9. The average molecular weight is 467 g/mol. The smallest absolute Gasteiger partial charge is 0.232 e. The van der Waals surface area contributed by atoms with Crippen LogP contribution in [0.4, 0.5) is 5.69 Å². The highest BCUT2D eigenvalue weighted by molar-refractivity contribution is 7.92. The molecule has 1 atom stereocenters. The van der Waals surface area contributed by atoms with Gasteiger partial charge in [-0.1, -0.05) is 66.7 Å². The zero-order chi connectivity index (χ0) is 23.8. The molecule has 174 valence electrons. The minimum atomic E-state index is -3.54. The zero-order valence-corrected chi connectivity index (χ0v) is 20.0. The van der Waals surface area contributed by atoms with Crippen molar-refractivity contribution in [2.45, 2.75) is 25.8 Å². The molecule has 33 heavy (non-hydrogen) atoms. The van der Waals surface area contributed by atoms with E-state index in [4.69, 9.17) is 4.74 Å². The van der Waals surface area contributed by atoms with E-state index >= 15 is 0 Å². The van der Waals surface area contributed by atoms with Gasteiger partial charge in [-0.15, -0.1) is 0 Å². The van der Waals surface area contributed by atoms with E-state index in [1.165, 1.54) is 11.4 Å². The molecule has 3 aromatic rings. The lowest BCUT2D eigenvalue weighted by Crippen LogP contribution is -2.33. The third-order valence-electron chi connectivity index (χ3n) is 5.46. The van der Waals surface area contributed by atoms with Crippen molar-refractivity contribution in [3.05, 3.63) is 95.6 Å². The van der Waals surface area contributed by atoms with Crippen LogP contribution in [0.15, 0.2) is 78.9 Å². The molecule has 0 saturated heterocycles. The lowest BCUT2D eigenvalue weighted by Gasteiger charge is -2.25. The fraction of sp³-hybridized carbons (Fsp3) is 0.269. The Kier molecular flexibility index (Phi) is 8.11. The number of carbonyl (C=O) groups is 1. The summed E-state index contributed by atoms with van der Waals surface area (Å²) < 4.78 is 31.5. The maximum Gasteiger partial charge on any atom is 0.232 e. The van der Waals surface area contributed by atoms with E-state index in [1.54, 1.807) is 24.3 Å². The third-order valence-corrected chi connectivity index (χ3v) is 6.64. The minimum absolute atomic E-state index is 0.138. The van der Waals surface area contributed by atoms with Crippen molar-refractivity contribution < 1.29 is 17.9 Å². The molecule has 0 spiro atoms. The number of aryl methyl sites for hydroxylation is 1. The van der Waals surface area contributed by atoms with Crippen molar-refractivity contribution in [2.75, 3.05) is 24.2 Å². The van der Waals surface area contributed by atoms with E-state index in [-0.39, 0.29) is 24.9 Å². The van der Waals surface area contributed by atoms with Crippen LogP contribution in [0.1, 0.15) is 35.6 Å². The fourth-order valence-corrected chi connectivity index (χ4v) is 4.78. The summed E-state index contributed by atoms with van der Waals surface area (Å²) in [6.45, 7) is 2.20. The van der Waals surface area contributed by atoms with Gasteiger partial charge in [0.15, 0.2) is 0 Å². The highest BCUT2D eigenvalue weighted by atomic mass is 32.2. The molecule has 0 aliphatic carbocycles. The Balaban J connectivity index is 1.72. The maximum atomic E-state index is 12.9. The van der Waals surface area contributed by atoms with Crippen LogP contribution in [-0.2, 0) is 14.8 Å². The monoisotopic (exact) mass is 466 g/mol. The Morgan fingerprint density at radius 2 is 1.61 bits per heavy atom. The minimum Gasteiger partial charge on any atom is -0.495 e. The number of benzene rings is 3. The number of anilines is 1. The Hall–Kier alpha value is -3.32. The summed E-state index contributed by atoms with van der Waals surface area (Å²) in [6.07, 6.45) is 1.71. The van der Waals surface area contributed by atoms with E-state index in [9.17, 15) is 13.2 Å². The third kappa shape index (κ3) is 6.35. The van der Waals surface area contributed by atoms with Gasteiger partial charge in [0.2, 0.25) is 15.9 Å². The summed E-state index contributed by atoms with van der Waals surface area (Å²) in [5.41, 5.74) is 3.58. The zero-order valence-electron chi connectivity index (χ0n) is 19.2. The Morgan fingerprint density at radius 3 is 2.27 bits per heavy atom. The number of methoxy groups -OCH3 is 1. The van der Waals surface area contributed by atoms with Crippen molar-refractivity contribution in [3.63, 3.8) is 0 Å². The van der Waals surface area contributed by atoms with Crippen LogP contribution in [0.3, 0.4) is 0 Å². The van der Waals surface area contributed by atoms with Gasteiger partial charge in [-0.25, -0.2) is 8.42 Å². The standard InChI is InChI=1S/C26H30N2O4S/c1-20-12-7-8-15-22(20)26(21-13-5-4-6-14-21)27-25(29)18-11-19-28(33(3,30)31)23-16-9-10-17-24(23)32-2/h4-10,12-17,26H,11,18-19H2,1-3H3,(H,27,29)/t26-/m0/s1. The lowest BCUT2D eigenvalue weighted by molar-refractivity contribution is -0.121. The summed E-state index contributed by atoms with van der Waals surface area (Å²) in [5, 5.41) is 3.13. The molecule has 0 aliphatic heterocycles. The van der Waals surface area contributed by atoms with Crippen molar-refractivity contribution in [3.8, 4) is 5.75 Å². The number of carbonyl (C=O) groups excluding carboxylic acids is 1. The van der Waals surface area contributed by atoms with Crippen LogP contribution in [0, 0.1) is 6.92 Å². The highest BCUT2D eigenvalue weighted by Gasteiger charge is 2.22. The molecular weight excluding hydrogens is 436 g/mol. The van der Waals surface area contributed by atoms with Gasteiger partial charge in [0.05, 0.1) is 25.1 Å². The number of hydrogen-bond acceptors (Lipinski definition) is 4. The summed E-state index contributed by atoms with van der Waals surface area (Å²) >= 11 is 0. The predicted octanol–water partition coefficient (Wildman–Crippen LogP) is 4.46. The number of nitrogens with one attached hydrogen (secondary N) is 1. The first-order valence-electron chi connectivity index (χ1n) is 10.8. The normalized spacial score (nSPS) is 12.1. The van der Waals surface area contributed by atoms with Crippen molar-refractivity contribution in [1.29, 1.82) is 0 Å². The van der Waals surface area contributed by atoms with Crippen molar-refractivity contribution in [2.24, 2.45) is 0 Å². The van der Waals surface area contributed by atoms with Crippen LogP contribution in [0.25, 0.3) is 0 Å². The molecule has 0 heterocycles. The molecule has 0 aliphatic rings. The van der Waals surface area contributed by atoms with E-state index in [0.717, 1.165) is 22.9 Å². The first-order chi connectivity index (χ1) is 15.8. The first-order valence-corrected chi connectivity index (χ1v) is 12.7. The molecular formula is C26H30N2O4S. The Bertz CT molecular complexity index is 1180. The molecule has 3 aromatic carbocycles. The number of hydrogen-bond donors (Lipinski definition) is 1. The Morgan fingerprint density at radius 1 is 0.970 bits per heavy atom. The largest absolute Gasteiger partial charge is 0.495 e. The molecule has 0 unspecified atom stereocenters. The molecule has 0 fully saturated rings. The van der Waals surface area contributed by atoms with Crippen molar-refractivity contribution in [1.82, 2.24) is 5.32 Å². The Labute approximate surface area is 196 Å². The number of rotatable bonds is 10. The second-order valence-electron chi connectivity index (χ2n) is 7.88. The molecule has 0 saturated carbocycles. The molecule has 1 amide bonds. The lowest BCUT2D eigenvalue weighted by atomic mass is 9.95. The van der Waals surface area contributed by atoms with E-state index in [1.807, 2.05) is 61.5 Å². The molecule has 0 bridgehead atoms. The number of para-hydroxylation sites is 2. The van der Waals surface area contributed by atoms with Gasteiger partial charge in [-0.05, 0) is 42.2 Å². The maximum absolute atomic E-state index is 12.9. The van der Waals surface area contributed by atoms with Gasteiger partial charge in [0, 0.05) is 13.0 Å². The summed E-state index contributed by atoms with van der Waals surface area (Å²) in [5.74, 6) is 0.330. The number of nitrogens with zero attached hydrogens (tertiary/aromatic N) is 1. The van der Waals surface area contributed by atoms with Gasteiger partial charge in [-0.3, -0.25) is 9.10 Å². The van der Waals surface area contributed by atoms with Gasteiger partial charge >= 0.3 is 0 Å². The molecule has 1 N–H and O–H groups in total. The van der Waals surface area contributed by atoms with Gasteiger partial charge in [-0.2, -0.15) is 0 Å². The van der Waals surface area contributed by atoms with Crippen LogP contribution in [0.5, 0.6) is 5.75 Å².